The Morgan fingerprint density at radius 3 is 3.00 bits per heavy atom. The molecule has 0 atom stereocenters. The van der Waals surface area contributed by atoms with Gasteiger partial charge in [0.15, 0.2) is 0 Å². The van der Waals surface area contributed by atoms with Gasteiger partial charge in [0.25, 0.3) is 0 Å². The lowest BCUT2D eigenvalue weighted by Crippen LogP contribution is -1.93. The molecule has 0 N–H and O–H groups in total. The standard InChI is InChI=1S/C8H10BrNOS/c1-3-11-10-6(2)7-4-8(9)12-5-7/h4-5H,3H2,1-2H3/b10-6-. The van der Waals surface area contributed by atoms with Gasteiger partial charge in [-0.15, -0.1) is 11.3 Å². The highest BCUT2D eigenvalue weighted by Crippen LogP contribution is 2.21. The average molecular weight is 248 g/mol. The Morgan fingerprint density at radius 1 is 1.75 bits per heavy atom. The summed E-state index contributed by atoms with van der Waals surface area (Å²) in [6, 6.07) is 2.03. The summed E-state index contributed by atoms with van der Waals surface area (Å²) < 4.78 is 1.11. The van der Waals surface area contributed by atoms with Crippen molar-refractivity contribution in [3.63, 3.8) is 0 Å². The molecule has 12 heavy (non-hydrogen) atoms. The monoisotopic (exact) mass is 247 g/mol. The van der Waals surface area contributed by atoms with Crippen LogP contribution >= 0.6 is 27.3 Å². The van der Waals surface area contributed by atoms with Gasteiger partial charge in [0.2, 0.25) is 0 Å². The third-order valence-electron chi connectivity index (χ3n) is 1.32. The molecule has 0 aromatic carbocycles. The number of hydrogen-bond donors (Lipinski definition) is 0. The third kappa shape index (κ3) is 2.60. The summed E-state index contributed by atoms with van der Waals surface area (Å²) >= 11 is 5.04. The molecule has 0 aliphatic rings. The Morgan fingerprint density at radius 2 is 2.50 bits per heavy atom. The maximum atomic E-state index is 4.94. The molecule has 66 valence electrons. The number of nitrogens with zero attached hydrogens (tertiary/aromatic N) is 1. The zero-order valence-corrected chi connectivity index (χ0v) is 9.41. The Bertz CT molecular complexity index is 282. The van der Waals surface area contributed by atoms with E-state index in [-0.39, 0.29) is 0 Å². The molecule has 0 spiro atoms. The van der Waals surface area contributed by atoms with Crippen LogP contribution in [0.4, 0.5) is 0 Å². The van der Waals surface area contributed by atoms with Crippen molar-refractivity contribution in [3.05, 3.63) is 20.8 Å². The number of oxime groups is 1. The summed E-state index contributed by atoms with van der Waals surface area (Å²) in [6.07, 6.45) is 0. The Balaban J connectivity index is 2.70. The highest BCUT2D eigenvalue weighted by Gasteiger charge is 2.00. The normalized spacial score (nSPS) is 11.8. The van der Waals surface area contributed by atoms with Gasteiger partial charge in [0, 0.05) is 10.9 Å². The van der Waals surface area contributed by atoms with E-state index >= 15 is 0 Å². The van der Waals surface area contributed by atoms with Crippen molar-refractivity contribution in [1.29, 1.82) is 0 Å². The lowest BCUT2D eigenvalue weighted by atomic mass is 10.2. The second kappa shape index (κ2) is 4.62. The highest BCUT2D eigenvalue weighted by molar-refractivity contribution is 9.11. The molecule has 1 heterocycles. The van der Waals surface area contributed by atoms with E-state index in [4.69, 9.17) is 4.84 Å². The van der Waals surface area contributed by atoms with E-state index in [9.17, 15) is 0 Å². The van der Waals surface area contributed by atoms with Gasteiger partial charge in [-0.3, -0.25) is 0 Å². The van der Waals surface area contributed by atoms with Gasteiger partial charge >= 0.3 is 0 Å². The first kappa shape index (κ1) is 9.74. The van der Waals surface area contributed by atoms with Crippen molar-refractivity contribution >= 4 is 33.0 Å². The van der Waals surface area contributed by atoms with Crippen LogP contribution in [0.2, 0.25) is 0 Å². The number of halogens is 1. The molecule has 4 heteroatoms. The van der Waals surface area contributed by atoms with Crippen LogP contribution in [0.25, 0.3) is 0 Å². The number of hydrogen-bond acceptors (Lipinski definition) is 3. The number of rotatable bonds is 3. The molecule has 0 saturated carbocycles. The van der Waals surface area contributed by atoms with Gasteiger partial charge in [0.05, 0.1) is 9.50 Å². The van der Waals surface area contributed by atoms with Crippen LogP contribution in [0.5, 0.6) is 0 Å². The maximum absolute atomic E-state index is 4.94. The molecule has 0 aliphatic heterocycles. The molecule has 0 fully saturated rings. The minimum atomic E-state index is 0.614. The predicted molar refractivity (Wildman–Crippen MR) is 55.9 cm³/mol. The molecular weight excluding hydrogens is 238 g/mol. The Labute approximate surface area is 84.4 Å². The van der Waals surface area contributed by atoms with Gasteiger partial charge in [-0.05, 0) is 35.8 Å². The molecule has 0 radical (unpaired) electrons. The molecule has 0 unspecified atom stereocenters. The molecular formula is C8H10BrNOS. The molecule has 0 aliphatic carbocycles. The van der Waals surface area contributed by atoms with Crippen LogP contribution in [0.15, 0.2) is 20.4 Å². The van der Waals surface area contributed by atoms with Crippen LogP contribution in [-0.4, -0.2) is 12.3 Å². The average Bonchev–Trinajstić information content (AvgIpc) is 2.47. The Hall–Kier alpha value is -0.350. The topological polar surface area (TPSA) is 21.6 Å². The fourth-order valence-corrected chi connectivity index (χ4v) is 1.91. The van der Waals surface area contributed by atoms with Crippen molar-refractivity contribution in [2.24, 2.45) is 5.16 Å². The maximum Gasteiger partial charge on any atom is 0.114 e. The summed E-state index contributed by atoms with van der Waals surface area (Å²) in [7, 11) is 0. The zero-order valence-electron chi connectivity index (χ0n) is 7.00. The first-order valence-corrected chi connectivity index (χ1v) is 5.32. The fraction of sp³-hybridized carbons (Fsp3) is 0.375. The van der Waals surface area contributed by atoms with E-state index in [0.717, 1.165) is 15.1 Å². The van der Waals surface area contributed by atoms with Gasteiger partial charge in [-0.1, -0.05) is 5.16 Å². The van der Waals surface area contributed by atoms with Crippen LogP contribution in [0.3, 0.4) is 0 Å². The summed E-state index contributed by atoms with van der Waals surface area (Å²) in [5, 5.41) is 5.97. The van der Waals surface area contributed by atoms with Crippen molar-refractivity contribution < 1.29 is 4.84 Å². The molecule has 0 saturated heterocycles. The summed E-state index contributed by atoms with van der Waals surface area (Å²) in [6.45, 7) is 4.47. The van der Waals surface area contributed by atoms with Crippen LogP contribution in [0, 0.1) is 0 Å². The highest BCUT2D eigenvalue weighted by atomic mass is 79.9. The summed E-state index contributed by atoms with van der Waals surface area (Å²) in [5.74, 6) is 0. The second-order valence-electron chi connectivity index (χ2n) is 2.23. The van der Waals surface area contributed by atoms with Crippen molar-refractivity contribution in [2.45, 2.75) is 13.8 Å². The fourth-order valence-electron chi connectivity index (χ4n) is 0.714. The first-order chi connectivity index (χ1) is 5.74. The molecule has 2 nitrogen and oxygen atoms in total. The molecule has 1 rings (SSSR count). The lowest BCUT2D eigenvalue weighted by Gasteiger charge is -1.95. The zero-order chi connectivity index (χ0) is 8.97. The van der Waals surface area contributed by atoms with Crippen molar-refractivity contribution in [2.75, 3.05) is 6.61 Å². The third-order valence-corrected chi connectivity index (χ3v) is 2.82. The molecule has 1 aromatic heterocycles. The van der Waals surface area contributed by atoms with E-state index in [1.165, 1.54) is 0 Å². The summed E-state index contributed by atoms with van der Waals surface area (Å²) in [5.41, 5.74) is 2.03. The Kier molecular flexibility index (Phi) is 3.75. The van der Waals surface area contributed by atoms with Crippen LogP contribution < -0.4 is 0 Å². The molecule has 0 bridgehead atoms. The van der Waals surface area contributed by atoms with Gasteiger partial charge in [-0.25, -0.2) is 0 Å². The minimum Gasteiger partial charge on any atom is -0.396 e. The quantitative estimate of drug-likeness (QED) is 0.594. The second-order valence-corrected chi connectivity index (χ2v) is 4.52. The molecule has 1 aromatic rings. The van der Waals surface area contributed by atoms with E-state index in [1.54, 1.807) is 11.3 Å². The van der Waals surface area contributed by atoms with Gasteiger partial charge < -0.3 is 4.84 Å². The van der Waals surface area contributed by atoms with E-state index in [1.807, 2.05) is 25.3 Å². The molecule has 0 amide bonds. The lowest BCUT2D eigenvalue weighted by molar-refractivity contribution is 0.159. The van der Waals surface area contributed by atoms with E-state index in [2.05, 4.69) is 21.1 Å². The van der Waals surface area contributed by atoms with Crippen LogP contribution in [-0.2, 0) is 4.84 Å². The summed E-state index contributed by atoms with van der Waals surface area (Å²) in [4.78, 5) is 4.94. The van der Waals surface area contributed by atoms with E-state index in [0.29, 0.717) is 6.61 Å². The first-order valence-electron chi connectivity index (χ1n) is 3.65. The smallest absolute Gasteiger partial charge is 0.114 e. The van der Waals surface area contributed by atoms with Gasteiger partial charge in [-0.2, -0.15) is 0 Å². The van der Waals surface area contributed by atoms with Crippen molar-refractivity contribution in [3.8, 4) is 0 Å². The SMILES string of the molecule is CCO/N=C(/C)c1csc(Br)c1. The predicted octanol–water partition coefficient (Wildman–Crippen LogP) is 3.27. The number of thiophene rings is 1. The largest absolute Gasteiger partial charge is 0.396 e. The minimum absolute atomic E-state index is 0.614. The van der Waals surface area contributed by atoms with E-state index < -0.39 is 0 Å². The van der Waals surface area contributed by atoms with Gasteiger partial charge in [0.1, 0.15) is 6.61 Å². The van der Waals surface area contributed by atoms with Crippen LogP contribution in [0.1, 0.15) is 19.4 Å². The van der Waals surface area contributed by atoms with Crippen molar-refractivity contribution in [1.82, 2.24) is 0 Å².